The number of aromatic amines is 1. The molecule has 3 heterocycles. The van der Waals surface area contributed by atoms with Crippen molar-refractivity contribution in [1.82, 2.24) is 24.8 Å². The second-order valence-corrected chi connectivity index (χ2v) is 8.39. The molecule has 154 valence electrons. The molecule has 0 radical (unpaired) electrons. The average molecular weight is 405 g/mol. The fraction of sp³-hybridized carbons (Fsp3) is 0.318. The summed E-state index contributed by atoms with van der Waals surface area (Å²) < 4.78 is 1.84. The molecule has 4 rings (SSSR count). The third-order valence-corrected chi connectivity index (χ3v) is 5.30. The summed E-state index contributed by atoms with van der Waals surface area (Å²) in [5, 5.41) is 2.76. The van der Waals surface area contributed by atoms with Crippen LogP contribution < -0.4 is 10.9 Å². The van der Waals surface area contributed by atoms with Crippen LogP contribution in [0.25, 0.3) is 5.82 Å². The quantitative estimate of drug-likeness (QED) is 0.692. The fourth-order valence-electron chi connectivity index (χ4n) is 3.80. The number of nitrogens with one attached hydrogen (secondary N) is 2. The van der Waals surface area contributed by atoms with Gasteiger partial charge in [-0.1, -0.05) is 13.8 Å². The number of fused-ring (bicyclic) bond motifs is 1. The van der Waals surface area contributed by atoms with E-state index < -0.39 is 11.5 Å². The second kappa shape index (κ2) is 7.37. The smallest absolute Gasteiger partial charge is 0.261 e. The van der Waals surface area contributed by atoms with Crippen LogP contribution in [0.1, 0.15) is 58.1 Å². The van der Waals surface area contributed by atoms with E-state index in [2.05, 4.69) is 20.3 Å². The summed E-state index contributed by atoms with van der Waals surface area (Å²) in [6, 6.07) is 5.06. The zero-order valence-corrected chi connectivity index (χ0v) is 17.2. The lowest BCUT2D eigenvalue weighted by Gasteiger charge is -2.29. The Bertz CT molecular complexity index is 1210. The number of hydrogen-bond acceptors (Lipinski definition) is 5. The molecule has 1 aliphatic rings. The minimum absolute atomic E-state index is 0.0541. The molecule has 0 aromatic carbocycles. The number of nitrogens with zero attached hydrogens (tertiary/aromatic N) is 3. The van der Waals surface area contributed by atoms with Gasteiger partial charge < -0.3 is 10.3 Å². The highest BCUT2D eigenvalue weighted by atomic mass is 16.2. The number of amides is 1. The predicted octanol–water partition coefficient (Wildman–Crippen LogP) is 2.35. The first-order valence-corrected chi connectivity index (χ1v) is 9.76. The molecule has 3 aromatic heterocycles. The Hall–Kier alpha value is -3.55. The maximum absolute atomic E-state index is 12.7. The van der Waals surface area contributed by atoms with E-state index >= 15 is 0 Å². The van der Waals surface area contributed by atoms with Crippen LogP contribution in [-0.2, 0) is 13.0 Å². The lowest BCUT2D eigenvalue weighted by atomic mass is 9.75. The highest BCUT2D eigenvalue weighted by Crippen LogP contribution is 2.33. The number of aromatic nitrogens is 4. The van der Waals surface area contributed by atoms with Crippen LogP contribution in [0.3, 0.4) is 0 Å². The van der Waals surface area contributed by atoms with E-state index in [0.717, 1.165) is 11.4 Å². The Balaban J connectivity index is 1.53. The highest BCUT2D eigenvalue weighted by molar-refractivity contribution is 6.02. The summed E-state index contributed by atoms with van der Waals surface area (Å²) in [7, 11) is 0. The topological polar surface area (TPSA) is 110 Å². The first kappa shape index (κ1) is 19.8. The van der Waals surface area contributed by atoms with Crippen molar-refractivity contribution in [3.8, 4) is 5.82 Å². The van der Waals surface area contributed by atoms with Gasteiger partial charge in [-0.2, -0.15) is 0 Å². The van der Waals surface area contributed by atoms with Crippen LogP contribution in [0.4, 0.5) is 0 Å². The molecule has 0 spiro atoms. The van der Waals surface area contributed by atoms with Gasteiger partial charge in [0.05, 0.1) is 0 Å². The molecule has 0 unspecified atom stereocenters. The molecule has 8 nitrogen and oxygen atoms in total. The molecule has 1 aliphatic carbocycles. The first-order chi connectivity index (χ1) is 14.2. The number of carbonyl (C=O) groups is 2. The number of ketones is 1. The summed E-state index contributed by atoms with van der Waals surface area (Å²) >= 11 is 0. The fourth-order valence-corrected chi connectivity index (χ4v) is 3.80. The lowest BCUT2D eigenvalue weighted by molar-refractivity contribution is 0.0910. The van der Waals surface area contributed by atoms with E-state index in [0.29, 0.717) is 29.9 Å². The molecule has 0 saturated heterocycles. The number of carbonyl (C=O) groups excluding carboxylic acids is 2. The van der Waals surface area contributed by atoms with Gasteiger partial charge in [0.1, 0.15) is 17.2 Å². The first-order valence-electron chi connectivity index (χ1n) is 9.76. The largest absolute Gasteiger partial charge is 0.348 e. The molecule has 1 amide bonds. The Kier molecular flexibility index (Phi) is 4.85. The van der Waals surface area contributed by atoms with Gasteiger partial charge in [-0.15, -0.1) is 0 Å². The number of imidazole rings is 1. The number of hydrogen-bond donors (Lipinski definition) is 2. The lowest BCUT2D eigenvalue weighted by Crippen LogP contribution is -2.34. The third kappa shape index (κ3) is 3.80. The molecule has 0 aliphatic heterocycles. The normalized spacial score (nSPS) is 15.0. The van der Waals surface area contributed by atoms with Gasteiger partial charge in [0.2, 0.25) is 0 Å². The number of pyridine rings is 2. The zero-order valence-electron chi connectivity index (χ0n) is 17.2. The van der Waals surface area contributed by atoms with Crippen LogP contribution in [0, 0.1) is 12.3 Å². The zero-order chi connectivity index (χ0) is 21.5. The molecule has 30 heavy (non-hydrogen) atoms. The maximum atomic E-state index is 12.7. The number of H-pyrrole nitrogens is 1. The highest BCUT2D eigenvalue weighted by Gasteiger charge is 2.32. The Labute approximate surface area is 173 Å². The summed E-state index contributed by atoms with van der Waals surface area (Å²) in [5.41, 5.74) is 1.12. The Morgan fingerprint density at radius 1 is 1.20 bits per heavy atom. The van der Waals surface area contributed by atoms with E-state index in [9.17, 15) is 14.4 Å². The van der Waals surface area contributed by atoms with E-state index in [1.807, 2.05) is 37.6 Å². The van der Waals surface area contributed by atoms with Crippen LogP contribution in [-0.4, -0.2) is 31.2 Å². The Morgan fingerprint density at radius 3 is 2.73 bits per heavy atom. The van der Waals surface area contributed by atoms with Crippen LogP contribution >= 0.6 is 0 Å². The van der Waals surface area contributed by atoms with E-state index in [1.54, 1.807) is 18.5 Å². The molecule has 0 atom stereocenters. The number of rotatable bonds is 4. The summed E-state index contributed by atoms with van der Waals surface area (Å²) in [6.07, 6.45) is 6.14. The maximum Gasteiger partial charge on any atom is 0.261 e. The summed E-state index contributed by atoms with van der Waals surface area (Å²) in [5.74, 6) is 0.920. The minimum Gasteiger partial charge on any atom is -0.348 e. The molecule has 0 bridgehead atoms. The van der Waals surface area contributed by atoms with Crippen molar-refractivity contribution >= 4 is 11.7 Å². The van der Waals surface area contributed by atoms with Gasteiger partial charge in [0.15, 0.2) is 5.78 Å². The minimum atomic E-state index is -0.520. The van der Waals surface area contributed by atoms with Crippen molar-refractivity contribution < 1.29 is 9.59 Å². The standard InChI is InChI=1S/C22H23N5O3/c1-13-23-6-7-27(13)19-8-14(4-5-24-19)12-25-20(29)16-9-15-17(26-21(16)30)10-22(2,3)11-18(15)28/h4-9H,10-12H2,1-3H3,(H,25,29)(H,26,30). The molecule has 2 N–H and O–H groups in total. The molecular formula is C22H23N5O3. The van der Waals surface area contributed by atoms with Gasteiger partial charge in [-0.05, 0) is 42.5 Å². The van der Waals surface area contributed by atoms with Crippen molar-refractivity contribution in [2.75, 3.05) is 0 Å². The van der Waals surface area contributed by atoms with Crippen LogP contribution in [0.15, 0.2) is 41.6 Å². The van der Waals surface area contributed by atoms with Gasteiger partial charge in [0.25, 0.3) is 11.5 Å². The van der Waals surface area contributed by atoms with Crippen molar-refractivity contribution in [3.63, 3.8) is 0 Å². The van der Waals surface area contributed by atoms with E-state index in [4.69, 9.17) is 0 Å². The molecule has 3 aromatic rings. The van der Waals surface area contributed by atoms with Gasteiger partial charge >= 0.3 is 0 Å². The van der Waals surface area contributed by atoms with Crippen molar-refractivity contribution in [2.45, 2.75) is 40.2 Å². The van der Waals surface area contributed by atoms with Crippen molar-refractivity contribution in [2.24, 2.45) is 5.41 Å². The van der Waals surface area contributed by atoms with Gasteiger partial charge in [-0.3, -0.25) is 19.0 Å². The molecule has 0 saturated carbocycles. The SMILES string of the molecule is Cc1nccn1-c1cc(CNC(=O)c2cc3c([nH]c2=O)CC(C)(C)CC3=O)ccn1. The third-order valence-electron chi connectivity index (χ3n) is 5.30. The number of aryl methyl sites for hydroxylation is 1. The van der Waals surface area contributed by atoms with Crippen molar-refractivity contribution in [3.05, 3.63) is 75.4 Å². The second-order valence-electron chi connectivity index (χ2n) is 8.39. The summed E-state index contributed by atoms with van der Waals surface area (Å²) in [4.78, 5) is 48.8. The van der Waals surface area contributed by atoms with E-state index in [-0.39, 0.29) is 23.3 Å². The molecule has 0 fully saturated rings. The molecule has 8 heteroatoms. The van der Waals surface area contributed by atoms with Crippen LogP contribution in [0.5, 0.6) is 0 Å². The average Bonchev–Trinajstić information content (AvgIpc) is 3.11. The van der Waals surface area contributed by atoms with Gasteiger partial charge in [0, 0.05) is 42.8 Å². The summed E-state index contributed by atoms with van der Waals surface area (Å²) in [6.45, 7) is 6.07. The monoisotopic (exact) mass is 405 g/mol. The van der Waals surface area contributed by atoms with E-state index in [1.165, 1.54) is 6.07 Å². The van der Waals surface area contributed by atoms with Crippen molar-refractivity contribution in [1.29, 1.82) is 0 Å². The Morgan fingerprint density at radius 2 is 2.00 bits per heavy atom. The van der Waals surface area contributed by atoms with Gasteiger partial charge in [-0.25, -0.2) is 9.97 Å². The van der Waals surface area contributed by atoms with Crippen LogP contribution in [0.2, 0.25) is 0 Å². The predicted molar refractivity (Wildman–Crippen MR) is 111 cm³/mol. The number of Topliss-reactive ketones (excluding diaryl/α,β-unsaturated/α-hetero) is 1. The molecular weight excluding hydrogens is 382 g/mol.